The molecule has 4 nitrogen and oxygen atoms in total. The molecule has 2 N–H and O–H groups in total. The zero-order valence-electron chi connectivity index (χ0n) is 14.0. The third kappa shape index (κ3) is 3.51. The van der Waals surface area contributed by atoms with Crippen LogP contribution >= 0.6 is 11.6 Å². The van der Waals surface area contributed by atoms with Crippen LogP contribution in [0.3, 0.4) is 0 Å². The Balaban J connectivity index is 1.67. The first-order valence-electron chi connectivity index (χ1n) is 8.84. The van der Waals surface area contributed by atoms with Crippen molar-refractivity contribution in [2.45, 2.75) is 44.4 Å². The second kappa shape index (κ2) is 7.06. The van der Waals surface area contributed by atoms with Crippen LogP contribution in [0, 0.1) is 0 Å². The van der Waals surface area contributed by atoms with Crippen molar-refractivity contribution >= 4 is 28.6 Å². The average molecular weight is 356 g/mol. The molecule has 0 saturated heterocycles. The number of nitrogens with zero attached hydrogens (tertiary/aromatic N) is 2. The third-order valence-electron chi connectivity index (χ3n) is 4.97. The maximum atomic E-state index is 9.72. The molecule has 1 aliphatic rings. The highest BCUT2D eigenvalue weighted by Crippen LogP contribution is 2.27. The predicted molar refractivity (Wildman–Crippen MR) is 102 cm³/mol. The van der Waals surface area contributed by atoms with Crippen LogP contribution in [0.5, 0.6) is 0 Å². The third-order valence-corrected chi connectivity index (χ3v) is 5.34. The van der Waals surface area contributed by atoms with Gasteiger partial charge >= 0.3 is 0 Å². The smallest absolute Gasteiger partial charge is 0.204 e. The molecule has 3 aromatic rings. The van der Waals surface area contributed by atoms with Gasteiger partial charge < -0.3 is 15.0 Å². The summed E-state index contributed by atoms with van der Waals surface area (Å²) in [6, 6.07) is 16.5. The maximum absolute atomic E-state index is 9.72. The molecule has 0 amide bonds. The monoisotopic (exact) mass is 355 g/mol. The van der Waals surface area contributed by atoms with Crippen LogP contribution in [-0.4, -0.2) is 26.8 Å². The van der Waals surface area contributed by atoms with Gasteiger partial charge in [-0.1, -0.05) is 41.9 Å². The molecular formula is C20H22ClN3O. The summed E-state index contributed by atoms with van der Waals surface area (Å²) < 4.78 is 2.20. The summed E-state index contributed by atoms with van der Waals surface area (Å²) in [5, 5.41) is 14.1. The molecule has 1 saturated carbocycles. The van der Waals surface area contributed by atoms with Crippen LogP contribution < -0.4 is 5.32 Å². The molecular weight excluding hydrogens is 334 g/mol. The number of aliphatic hydroxyl groups is 1. The standard InChI is InChI=1S/C20H22ClN3O/c21-17-6-2-1-5-14(17)13-24-19-8-4-3-7-18(19)23-20(24)22-15-9-11-16(25)12-10-15/h1-8,15-16,25H,9-13H2,(H,22,23). The van der Waals surface area contributed by atoms with Gasteiger partial charge in [-0.15, -0.1) is 0 Å². The molecule has 1 fully saturated rings. The summed E-state index contributed by atoms with van der Waals surface area (Å²) >= 11 is 6.37. The number of imidazole rings is 1. The minimum Gasteiger partial charge on any atom is -0.393 e. The Morgan fingerprint density at radius 3 is 2.56 bits per heavy atom. The van der Waals surface area contributed by atoms with E-state index in [1.165, 1.54) is 0 Å². The first kappa shape index (κ1) is 16.4. The largest absolute Gasteiger partial charge is 0.393 e. The number of aliphatic hydroxyl groups excluding tert-OH is 1. The van der Waals surface area contributed by atoms with E-state index in [1.54, 1.807) is 0 Å². The van der Waals surface area contributed by atoms with Crippen molar-refractivity contribution in [3.8, 4) is 0 Å². The molecule has 0 bridgehead atoms. The van der Waals surface area contributed by atoms with Crippen molar-refractivity contribution in [3.05, 3.63) is 59.1 Å². The van der Waals surface area contributed by atoms with Gasteiger partial charge in [0.25, 0.3) is 0 Å². The number of anilines is 1. The Morgan fingerprint density at radius 1 is 1.04 bits per heavy atom. The Bertz CT molecular complexity index is 868. The second-order valence-electron chi connectivity index (χ2n) is 6.75. The zero-order chi connectivity index (χ0) is 17.2. The minimum absolute atomic E-state index is 0.153. The quantitative estimate of drug-likeness (QED) is 0.726. The summed E-state index contributed by atoms with van der Waals surface area (Å²) in [5.41, 5.74) is 3.16. The van der Waals surface area contributed by atoms with Crippen molar-refractivity contribution in [1.29, 1.82) is 0 Å². The molecule has 130 valence electrons. The molecule has 25 heavy (non-hydrogen) atoms. The predicted octanol–water partition coefficient (Wildman–Crippen LogP) is 4.45. The topological polar surface area (TPSA) is 50.1 Å². The summed E-state index contributed by atoms with van der Waals surface area (Å²) in [4.78, 5) is 4.80. The Kier molecular flexibility index (Phi) is 4.64. The Morgan fingerprint density at radius 2 is 1.76 bits per heavy atom. The fraction of sp³-hybridized carbons (Fsp3) is 0.350. The maximum Gasteiger partial charge on any atom is 0.204 e. The number of halogens is 1. The molecule has 4 rings (SSSR count). The van der Waals surface area contributed by atoms with E-state index in [-0.39, 0.29) is 6.10 Å². The van der Waals surface area contributed by atoms with Gasteiger partial charge in [-0.05, 0) is 49.4 Å². The zero-order valence-corrected chi connectivity index (χ0v) is 14.8. The molecule has 0 aliphatic heterocycles. The van der Waals surface area contributed by atoms with E-state index in [1.807, 2.05) is 36.4 Å². The first-order valence-corrected chi connectivity index (χ1v) is 9.22. The number of aromatic nitrogens is 2. The lowest BCUT2D eigenvalue weighted by Gasteiger charge is -2.27. The molecule has 1 aromatic heterocycles. The summed E-state index contributed by atoms with van der Waals surface area (Å²) in [5.74, 6) is 0.877. The molecule has 0 unspecified atom stereocenters. The highest BCUT2D eigenvalue weighted by molar-refractivity contribution is 6.31. The number of para-hydroxylation sites is 2. The van der Waals surface area contributed by atoms with Gasteiger partial charge in [0.15, 0.2) is 0 Å². The summed E-state index contributed by atoms with van der Waals surface area (Å²) in [7, 11) is 0. The Labute approximate surface area is 152 Å². The highest BCUT2D eigenvalue weighted by atomic mass is 35.5. The van der Waals surface area contributed by atoms with E-state index in [0.717, 1.165) is 53.3 Å². The van der Waals surface area contributed by atoms with Gasteiger partial charge in [-0.25, -0.2) is 4.98 Å². The normalized spacial score (nSPS) is 20.7. The van der Waals surface area contributed by atoms with E-state index >= 15 is 0 Å². The lowest BCUT2D eigenvalue weighted by atomic mass is 9.93. The van der Waals surface area contributed by atoms with E-state index in [0.29, 0.717) is 12.6 Å². The minimum atomic E-state index is -0.153. The van der Waals surface area contributed by atoms with E-state index in [4.69, 9.17) is 16.6 Å². The molecule has 5 heteroatoms. The van der Waals surface area contributed by atoms with Crippen LogP contribution in [0.2, 0.25) is 5.02 Å². The lowest BCUT2D eigenvalue weighted by molar-refractivity contribution is 0.126. The van der Waals surface area contributed by atoms with Crippen LogP contribution in [0.25, 0.3) is 11.0 Å². The van der Waals surface area contributed by atoms with Crippen LogP contribution in [0.15, 0.2) is 48.5 Å². The number of benzene rings is 2. The SMILES string of the molecule is OC1CCC(Nc2nc3ccccc3n2Cc2ccccc2Cl)CC1. The van der Waals surface area contributed by atoms with Gasteiger partial charge in [0.2, 0.25) is 5.95 Å². The number of nitrogens with one attached hydrogen (secondary N) is 1. The van der Waals surface area contributed by atoms with E-state index in [9.17, 15) is 5.11 Å². The highest BCUT2D eigenvalue weighted by Gasteiger charge is 2.21. The first-order chi connectivity index (χ1) is 12.2. The molecule has 0 radical (unpaired) electrons. The molecule has 0 atom stereocenters. The summed E-state index contributed by atoms with van der Waals surface area (Å²) in [6.45, 7) is 0.678. The number of fused-ring (bicyclic) bond motifs is 1. The van der Waals surface area contributed by atoms with Gasteiger partial charge in [0, 0.05) is 11.1 Å². The fourth-order valence-electron chi connectivity index (χ4n) is 3.55. The molecule has 1 aliphatic carbocycles. The Hall–Kier alpha value is -2.04. The molecule has 0 spiro atoms. The van der Waals surface area contributed by atoms with Gasteiger partial charge in [-0.2, -0.15) is 0 Å². The van der Waals surface area contributed by atoms with Crippen LogP contribution in [-0.2, 0) is 6.54 Å². The van der Waals surface area contributed by atoms with E-state index in [2.05, 4.69) is 22.0 Å². The average Bonchev–Trinajstić information content (AvgIpc) is 2.96. The van der Waals surface area contributed by atoms with E-state index < -0.39 is 0 Å². The van der Waals surface area contributed by atoms with Gasteiger partial charge in [0.05, 0.1) is 23.7 Å². The van der Waals surface area contributed by atoms with Crippen LogP contribution in [0.1, 0.15) is 31.2 Å². The van der Waals surface area contributed by atoms with Crippen molar-refractivity contribution in [3.63, 3.8) is 0 Å². The lowest BCUT2D eigenvalue weighted by Crippen LogP contribution is -2.29. The van der Waals surface area contributed by atoms with Crippen LogP contribution in [0.4, 0.5) is 5.95 Å². The van der Waals surface area contributed by atoms with Crippen molar-refractivity contribution in [2.24, 2.45) is 0 Å². The van der Waals surface area contributed by atoms with Crippen molar-refractivity contribution < 1.29 is 5.11 Å². The number of hydrogen-bond donors (Lipinski definition) is 2. The second-order valence-corrected chi connectivity index (χ2v) is 7.16. The molecule has 1 heterocycles. The van der Waals surface area contributed by atoms with Crippen molar-refractivity contribution in [2.75, 3.05) is 5.32 Å². The van der Waals surface area contributed by atoms with Gasteiger partial charge in [-0.3, -0.25) is 0 Å². The summed E-state index contributed by atoms with van der Waals surface area (Å²) in [6.07, 6.45) is 3.48. The van der Waals surface area contributed by atoms with Gasteiger partial charge in [0.1, 0.15) is 0 Å². The fourth-order valence-corrected chi connectivity index (χ4v) is 3.74. The van der Waals surface area contributed by atoms with Crippen molar-refractivity contribution in [1.82, 2.24) is 9.55 Å². The molecule has 2 aromatic carbocycles. The number of hydrogen-bond acceptors (Lipinski definition) is 3. The number of rotatable bonds is 4.